The molecule has 0 spiro atoms. The number of nitrogens with two attached hydrogens (primary N) is 1. The zero-order chi connectivity index (χ0) is 11.9. The van der Waals surface area contributed by atoms with Crippen molar-refractivity contribution in [2.75, 3.05) is 5.32 Å². The van der Waals surface area contributed by atoms with Crippen LogP contribution < -0.4 is 11.1 Å². The van der Waals surface area contributed by atoms with Gasteiger partial charge in [0.25, 0.3) is 0 Å². The predicted octanol–water partition coefficient (Wildman–Crippen LogP) is 2.16. The minimum atomic E-state index is -0.952. The van der Waals surface area contributed by atoms with Crippen molar-refractivity contribution in [1.29, 1.82) is 0 Å². The first-order valence-corrected chi connectivity index (χ1v) is 5.46. The Morgan fingerprint density at radius 2 is 1.88 bits per heavy atom. The third-order valence-electron chi connectivity index (χ3n) is 2.49. The van der Waals surface area contributed by atoms with Crippen LogP contribution in [-0.4, -0.2) is 11.4 Å². The van der Waals surface area contributed by atoms with Gasteiger partial charge < -0.3 is 11.1 Å². The Bertz CT molecular complexity index is 437. The molecular weight excluding hydrogens is 282 g/mol. The molecule has 0 bridgehead atoms. The monoisotopic (exact) mass is 290 g/mol. The molecule has 0 saturated heterocycles. The quantitative estimate of drug-likeness (QED) is 0.877. The maximum Gasteiger partial charge on any atom is 0.244 e. The van der Waals surface area contributed by atoms with E-state index < -0.39 is 28.8 Å². The first-order valence-electron chi connectivity index (χ1n) is 4.67. The van der Waals surface area contributed by atoms with Crippen molar-refractivity contribution >= 4 is 27.5 Å². The van der Waals surface area contributed by atoms with Crippen LogP contribution in [0.1, 0.15) is 12.8 Å². The fourth-order valence-corrected chi connectivity index (χ4v) is 1.66. The third-order valence-corrected chi connectivity index (χ3v) is 2.94. The number of hydrogen-bond acceptors (Lipinski definition) is 2. The molecule has 16 heavy (non-hydrogen) atoms. The molecule has 0 atom stereocenters. The lowest BCUT2D eigenvalue weighted by Crippen LogP contribution is -2.38. The van der Waals surface area contributed by atoms with Crippen LogP contribution in [0.15, 0.2) is 16.6 Å². The Balaban J connectivity index is 2.24. The van der Waals surface area contributed by atoms with E-state index >= 15 is 0 Å². The molecule has 1 aromatic carbocycles. The van der Waals surface area contributed by atoms with Crippen molar-refractivity contribution in [1.82, 2.24) is 0 Å². The van der Waals surface area contributed by atoms with Crippen molar-refractivity contribution in [2.45, 2.75) is 18.4 Å². The van der Waals surface area contributed by atoms with Crippen LogP contribution in [0, 0.1) is 11.6 Å². The normalized spacial score (nSPS) is 17.0. The number of nitrogens with one attached hydrogen (secondary N) is 1. The zero-order valence-electron chi connectivity index (χ0n) is 8.19. The van der Waals surface area contributed by atoms with Crippen LogP contribution in [0.2, 0.25) is 0 Å². The molecule has 86 valence electrons. The van der Waals surface area contributed by atoms with Gasteiger partial charge in [0.05, 0.1) is 5.54 Å². The second-order valence-electron chi connectivity index (χ2n) is 3.85. The van der Waals surface area contributed by atoms with Crippen molar-refractivity contribution in [2.24, 2.45) is 5.73 Å². The molecule has 1 fully saturated rings. The Morgan fingerprint density at radius 3 is 2.31 bits per heavy atom. The maximum absolute atomic E-state index is 13.4. The second-order valence-corrected chi connectivity index (χ2v) is 4.77. The Hall–Kier alpha value is -1.01. The summed E-state index contributed by atoms with van der Waals surface area (Å²) in [5.74, 6) is -2.21. The fourth-order valence-electron chi connectivity index (χ4n) is 1.26. The first kappa shape index (κ1) is 11.5. The smallest absolute Gasteiger partial charge is 0.244 e. The average Bonchev–Trinajstić information content (AvgIpc) is 2.91. The van der Waals surface area contributed by atoms with Crippen LogP contribution in [0.4, 0.5) is 14.5 Å². The standard InChI is InChI=1S/C10H9BrF2N2O/c11-5-3-6(12)8(7(13)4-5)15-9(16)10(14)1-2-10/h3-4H,1-2,14H2,(H,15,16). The van der Waals surface area contributed by atoms with E-state index in [1.807, 2.05) is 0 Å². The van der Waals surface area contributed by atoms with Crippen LogP contribution in [0.25, 0.3) is 0 Å². The van der Waals surface area contributed by atoms with E-state index in [9.17, 15) is 13.6 Å². The van der Waals surface area contributed by atoms with E-state index in [0.29, 0.717) is 12.8 Å². The molecule has 1 saturated carbocycles. The van der Waals surface area contributed by atoms with Crippen molar-refractivity contribution in [3.05, 3.63) is 28.2 Å². The molecule has 1 amide bonds. The van der Waals surface area contributed by atoms with Gasteiger partial charge in [-0.1, -0.05) is 15.9 Å². The topological polar surface area (TPSA) is 55.1 Å². The number of carbonyl (C=O) groups excluding carboxylic acids is 1. The maximum atomic E-state index is 13.4. The summed E-state index contributed by atoms with van der Waals surface area (Å²) in [5.41, 5.74) is 4.20. The molecule has 0 aliphatic heterocycles. The van der Waals surface area contributed by atoms with Gasteiger partial charge in [-0.25, -0.2) is 8.78 Å². The van der Waals surface area contributed by atoms with Crippen LogP contribution in [0.5, 0.6) is 0 Å². The number of anilines is 1. The lowest BCUT2D eigenvalue weighted by molar-refractivity contribution is -0.118. The van der Waals surface area contributed by atoms with E-state index in [0.717, 1.165) is 12.1 Å². The molecule has 2 rings (SSSR count). The molecule has 0 unspecified atom stereocenters. The van der Waals surface area contributed by atoms with Gasteiger partial charge in [-0.2, -0.15) is 0 Å². The van der Waals surface area contributed by atoms with Gasteiger partial charge in [0, 0.05) is 4.47 Å². The molecule has 3 N–H and O–H groups in total. The zero-order valence-corrected chi connectivity index (χ0v) is 9.77. The molecule has 1 aliphatic rings. The van der Waals surface area contributed by atoms with Gasteiger partial charge in [-0.15, -0.1) is 0 Å². The lowest BCUT2D eigenvalue weighted by atomic mass is 10.2. The molecule has 0 heterocycles. The minimum absolute atomic E-state index is 0.273. The van der Waals surface area contributed by atoms with Gasteiger partial charge in [0.2, 0.25) is 5.91 Å². The Morgan fingerprint density at radius 1 is 1.38 bits per heavy atom. The lowest BCUT2D eigenvalue weighted by Gasteiger charge is -2.11. The number of carbonyl (C=O) groups is 1. The highest BCUT2D eigenvalue weighted by Crippen LogP contribution is 2.34. The molecule has 6 heteroatoms. The summed E-state index contributed by atoms with van der Waals surface area (Å²) in [6.07, 6.45) is 1.08. The van der Waals surface area contributed by atoms with E-state index in [2.05, 4.69) is 21.2 Å². The van der Waals surface area contributed by atoms with Gasteiger partial charge in [-0.05, 0) is 25.0 Å². The molecular formula is C10H9BrF2N2O. The average molecular weight is 291 g/mol. The number of hydrogen-bond donors (Lipinski definition) is 2. The summed E-state index contributed by atoms with van der Waals surface area (Å²) >= 11 is 2.95. The largest absolute Gasteiger partial charge is 0.320 e. The molecule has 3 nitrogen and oxygen atoms in total. The van der Waals surface area contributed by atoms with Gasteiger partial charge in [0.15, 0.2) is 11.6 Å². The first-order chi connectivity index (χ1) is 7.42. The third kappa shape index (κ3) is 2.08. The summed E-state index contributed by atoms with van der Waals surface area (Å²) in [5, 5.41) is 2.17. The number of rotatable bonds is 2. The minimum Gasteiger partial charge on any atom is -0.320 e. The Kier molecular flexibility index (Phi) is 2.71. The van der Waals surface area contributed by atoms with E-state index in [-0.39, 0.29) is 4.47 Å². The Labute approximate surface area is 99.1 Å². The van der Waals surface area contributed by atoms with Gasteiger partial charge >= 0.3 is 0 Å². The molecule has 0 radical (unpaired) electrons. The summed E-state index contributed by atoms with van der Waals surface area (Å²) < 4.78 is 27.0. The van der Waals surface area contributed by atoms with Crippen LogP contribution in [0.3, 0.4) is 0 Å². The number of halogens is 3. The van der Waals surface area contributed by atoms with E-state index in [1.165, 1.54) is 0 Å². The predicted molar refractivity (Wildman–Crippen MR) is 58.8 cm³/mol. The van der Waals surface area contributed by atoms with E-state index in [4.69, 9.17) is 5.73 Å². The van der Waals surface area contributed by atoms with Crippen molar-refractivity contribution in [3.8, 4) is 0 Å². The van der Waals surface area contributed by atoms with E-state index in [1.54, 1.807) is 0 Å². The summed E-state index contributed by atoms with van der Waals surface area (Å²) in [6, 6.07) is 2.16. The highest BCUT2D eigenvalue weighted by Gasteiger charge is 2.46. The highest BCUT2D eigenvalue weighted by molar-refractivity contribution is 9.10. The highest BCUT2D eigenvalue weighted by atomic mass is 79.9. The summed E-state index contributed by atoms with van der Waals surface area (Å²) in [6.45, 7) is 0. The number of benzene rings is 1. The molecule has 1 aliphatic carbocycles. The SMILES string of the molecule is NC1(C(=O)Nc2c(F)cc(Br)cc2F)CC1. The van der Waals surface area contributed by atoms with Gasteiger partial charge in [-0.3, -0.25) is 4.79 Å². The van der Waals surface area contributed by atoms with Crippen molar-refractivity contribution in [3.63, 3.8) is 0 Å². The second kappa shape index (κ2) is 3.78. The van der Waals surface area contributed by atoms with Crippen LogP contribution in [-0.2, 0) is 4.79 Å². The molecule has 0 aromatic heterocycles. The van der Waals surface area contributed by atoms with Crippen molar-refractivity contribution < 1.29 is 13.6 Å². The van der Waals surface area contributed by atoms with Crippen LogP contribution >= 0.6 is 15.9 Å². The summed E-state index contributed by atoms with van der Waals surface area (Å²) in [7, 11) is 0. The fraction of sp³-hybridized carbons (Fsp3) is 0.300. The molecule has 1 aromatic rings. The van der Waals surface area contributed by atoms with Gasteiger partial charge in [0.1, 0.15) is 5.69 Å². The number of amides is 1. The summed E-state index contributed by atoms with van der Waals surface area (Å²) in [4.78, 5) is 11.5.